The van der Waals surface area contributed by atoms with Crippen LogP contribution in [0.15, 0.2) is 41.5 Å². The average molecular weight is 468 g/mol. The molecule has 1 aliphatic rings. The number of aromatic nitrogens is 1. The van der Waals surface area contributed by atoms with Crippen molar-refractivity contribution in [2.45, 2.75) is 32.2 Å². The van der Waals surface area contributed by atoms with Crippen LogP contribution in [-0.4, -0.2) is 38.3 Å². The van der Waals surface area contributed by atoms with Crippen molar-refractivity contribution in [1.29, 1.82) is 0 Å². The first-order valence-electron chi connectivity index (χ1n) is 9.02. The molecule has 2 aromatic rings. The number of fused-ring (bicyclic) bond motifs is 1. The van der Waals surface area contributed by atoms with Crippen molar-refractivity contribution in [3.05, 3.63) is 42.1 Å². The fourth-order valence-corrected chi connectivity index (χ4v) is 3.49. The molecule has 3 rings (SSSR count). The Labute approximate surface area is 173 Å². The summed E-state index contributed by atoms with van der Waals surface area (Å²) < 4.78 is 5.27. The Kier molecular flexibility index (Phi) is 8.09. The van der Waals surface area contributed by atoms with Gasteiger partial charge in [0.05, 0.1) is 5.52 Å². The van der Waals surface area contributed by atoms with Gasteiger partial charge < -0.3 is 15.4 Å². The molecule has 1 aromatic carbocycles. The lowest BCUT2D eigenvalue weighted by molar-refractivity contribution is 0.0732. The smallest absolute Gasteiger partial charge is 0.191 e. The zero-order chi connectivity index (χ0) is 17.5. The van der Waals surface area contributed by atoms with E-state index in [4.69, 9.17) is 4.74 Å². The molecule has 0 radical (unpaired) electrons. The number of para-hydroxylation sites is 1. The molecule has 142 valence electrons. The minimum Gasteiger partial charge on any atom is -0.385 e. The van der Waals surface area contributed by atoms with Crippen LogP contribution in [0.1, 0.15) is 31.2 Å². The van der Waals surface area contributed by atoms with Crippen LogP contribution in [0.4, 0.5) is 0 Å². The highest BCUT2D eigenvalue weighted by molar-refractivity contribution is 14.0. The number of rotatable bonds is 7. The average Bonchev–Trinajstić information content (AvgIpc) is 2.63. The van der Waals surface area contributed by atoms with Gasteiger partial charge in [0.2, 0.25) is 0 Å². The normalized spacial score (nSPS) is 15.8. The quantitative estimate of drug-likeness (QED) is 0.370. The van der Waals surface area contributed by atoms with E-state index in [0.717, 1.165) is 37.6 Å². The van der Waals surface area contributed by atoms with Crippen molar-refractivity contribution >= 4 is 40.8 Å². The van der Waals surface area contributed by atoms with Crippen LogP contribution >= 0.6 is 24.0 Å². The fraction of sp³-hybridized carbons (Fsp3) is 0.500. The van der Waals surface area contributed by atoms with Gasteiger partial charge in [-0.05, 0) is 42.4 Å². The Morgan fingerprint density at radius 3 is 2.73 bits per heavy atom. The van der Waals surface area contributed by atoms with Crippen LogP contribution in [0.3, 0.4) is 0 Å². The molecule has 1 heterocycles. The van der Waals surface area contributed by atoms with Gasteiger partial charge in [-0.1, -0.05) is 24.6 Å². The predicted octanol–water partition coefficient (Wildman–Crippen LogP) is 3.72. The van der Waals surface area contributed by atoms with Crippen molar-refractivity contribution in [3.8, 4) is 0 Å². The first-order chi connectivity index (χ1) is 12.3. The Morgan fingerprint density at radius 2 is 2.04 bits per heavy atom. The summed E-state index contributed by atoms with van der Waals surface area (Å²) in [6.07, 6.45) is 6.84. The second kappa shape index (κ2) is 10.1. The van der Waals surface area contributed by atoms with E-state index in [1.165, 1.54) is 30.2 Å². The molecular formula is C20H29IN4O. The zero-order valence-corrected chi connectivity index (χ0v) is 18.0. The highest BCUT2D eigenvalue weighted by Gasteiger charge is 2.36. The third kappa shape index (κ3) is 5.07. The van der Waals surface area contributed by atoms with E-state index in [0.29, 0.717) is 5.41 Å². The number of halogens is 1. The summed E-state index contributed by atoms with van der Waals surface area (Å²) in [7, 11) is 3.60. The van der Waals surface area contributed by atoms with Gasteiger partial charge in [-0.25, -0.2) is 0 Å². The minimum atomic E-state index is 0. The molecule has 1 fully saturated rings. The molecule has 6 heteroatoms. The summed E-state index contributed by atoms with van der Waals surface area (Å²) in [4.78, 5) is 8.79. The van der Waals surface area contributed by atoms with E-state index in [1.54, 1.807) is 7.11 Å². The SMILES string of the molecule is CN=C(NCc1ccnc2ccccc12)NCC1(CCOC)CCC1.I. The molecule has 2 N–H and O–H groups in total. The topological polar surface area (TPSA) is 58.5 Å². The van der Waals surface area contributed by atoms with E-state index < -0.39 is 0 Å². The molecule has 26 heavy (non-hydrogen) atoms. The molecule has 0 atom stereocenters. The van der Waals surface area contributed by atoms with Gasteiger partial charge in [-0.3, -0.25) is 9.98 Å². The van der Waals surface area contributed by atoms with Gasteiger partial charge in [0.1, 0.15) is 0 Å². The molecular weight excluding hydrogens is 439 g/mol. The summed E-state index contributed by atoms with van der Waals surface area (Å²) in [5, 5.41) is 8.13. The number of guanidine groups is 1. The molecule has 0 aliphatic heterocycles. The van der Waals surface area contributed by atoms with Gasteiger partial charge in [-0.2, -0.15) is 0 Å². The van der Waals surface area contributed by atoms with E-state index in [-0.39, 0.29) is 24.0 Å². The zero-order valence-electron chi connectivity index (χ0n) is 15.6. The number of ether oxygens (including phenoxy) is 1. The number of benzene rings is 1. The third-order valence-electron chi connectivity index (χ3n) is 5.29. The van der Waals surface area contributed by atoms with E-state index in [1.807, 2.05) is 25.4 Å². The maximum absolute atomic E-state index is 5.27. The lowest BCUT2D eigenvalue weighted by Crippen LogP contribution is -2.46. The number of hydrogen-bond acceptors (Lipinski definition) is 3. The highest BCUT2D eigenvalue weighted by atomic mass is 127. The van der Waals surface area contributed by atoms with Crippen molar-refractivity contribution in [2.75, 3.05) is 27.3 Å². The Morgan fingerprint density at radius 1 is 1.23 bits per heavy atom. The van der Waals surface area contributed by atoms with Gasteiger partial charge >= 0.3 is 0 Å². The predicted molar refractivity (Wildman–Crippen MR) is 118 cm³/mol. The van der Waals surface area contributed by atoms with Crippen molar-refractivity contribution in [1.82, 2.24) is 15.6 Å². The second-order valence-electron chi connectivity index (χ2n) is 6.86. The third-order valence-corrected chi connectivity index (χ3v) is 5.29. The summed E-state index contributed by atoms with van der Waals surface area (Å²) in [5.41, 5.74) is 2.63. The van der Waals surface area contributed by atoms with E-state index in [2.05, 4.69) is 38.8 Å². The molecule has 1 saturated carbocycles. The summed E-state index contributed by atoms with van der Waals surface area (Å²) in [5.74, 6) is 0.851. The fourth-order valence-electron chi connectivity index (χ4n) is 3.49. The van der Waals surface area contributed by atoms with Gasteiger partial charge in [0.25, 0.3) is 0 Å². The van der Waals surface area contributed by atoms with Crippen LogP contribution in [0.25, 0.3) is 10.9 Å². The molecule has 1 aromatic heterocycles. The first-order valence-corrected chi connectivity index (χ1v) is 9.02. The van der Waals surface area contributed by atoms with E-state index >= 15 is 0 Å². The summed E-state index contributed by atoms with van der Waals surface area (Å²) in [6, 6.07) is 10.3. The molecule has 0 spiro atoms. The van der Waals surface area contributed by atoms with Gasteiger partial charge in [0.15, 0.2) is 5.96 Å². The number of aliphatic imine (C=N–C) groups is 1. The number of methoxy groups -OCH3 is 1. The lowest BCUT2D eigenvalue weighted by Gasteiger charge is -2.42. The lowest BCUT2D eigenvalue weighted by atomic mass is 9.67. The number of hydrogen-bond donors (Lipinski definition) is 2. The van der Waals surface area contributed by atoms with Crippen LogP contribution in [0, 0.1) is 5.41 Å². The largest absolute Gasteiger partial charge is 0.385 e. The van der Waals surface area contributed by atoms with Crippen molar-refractivity contribution in [3.63, 3.8) is 0 Å². The highest BCUT2D eigenvalue weighted by Crippen LogP contribution is 2.43. The van der Waals surface area contributed by atoms with Crippen molar-refractivity contribution in [2.24, 2.45) is 10.4 Å². The monoisotopic (exact) mass is 468 g/mol. The molecule has 0 bridgehead atoms. The van der Waals surface area contributed by atoms with E-state index in [9.17, 15) is 0 Å². The van der Waals surface area contributed by atoms with Gasteiger partial charge in [0, 0.05) is 45.4 Å². The number of nitrogens with one attached hydrogen (secondary N) is 2. The van der Waals surface area contributed by atoms with Gasteiger partial charge in [-0.15, -0.1) is 24.0 Å². The first kappa shape index (κ1) is 20.9. The molecule has 1 aliphatic carbocycles. The Bertz CT molecular complexity index is 725. The standard InChI is InChI=1S/C20H28N4O.HI/c1-21-19(24-15-20(9-5-10-20)11-13-25-2)23-14-16-8-12-22-18-7-4-3-6-17(16)18;/h3-4,6-8,12H,5,9-11,13-15H2,1-2H3,(H2,21,23,24);1H. The molecule has 5 nitrogen and oxygen atoms in total. The summed E-state index contributed by atoms with van der Waals surface area (Å²) in [6.45, 7) is 2.51. The van der Waals surface area contributed by atoms with Crippen molar-refractivity contribution < 1.29 is 4.74 Å². The second-order valence-corrected chi connectivity index (χ2v) is 6.86. The van der Waals surface area contributed by atoms with Crippen LogP contribution in [0.2, 0.25) is 0 Å². The maximum atomic E-state index is 5.27. The molecule has 0 amide bonds. The number of nitrogens with zero attached hydrogens (tertiary/aromatic N) is 2. The maximum Gasteiger partial charge on any atom is 0.191 e. The minimum absolute atomic E-state index is 0. The van der Waals surface area contributed by atoms with Crippen LogP contribution in [0.5, 0.6) is 0 Å². The van der Waals surface area contributed by atoms with Crippen LogP contribution in [-0.2, 0) is 11.3 Å². The Hall–Kier alpha value is -1.41. The molecule has 0 saturated heterocycles. The number of pyridine rings is 1. The Balaban J connectivity index is 0.00000243. The van der Waals surface area contributed by atoms with Crippen LogP contribution < -0.4 is 10.6 Å². The molecule has 0 unspecified atom stereocenters. The summed E-state index contributed by atoms with van der Waals surface area (Å²) >= 11 is 0.